The van der Waals surface area contributed by atoms with Gasteiger partial charge in [0.05, 0.1) is 14.2 Å². The number of carbonyl (C=O) groups is 2. The number of methoxy groups -OCH3 is 2. The molecule has 0 radical (unpaired) electrons. The molecule has 2 aromatic carbocycles. The van der Waals surface area contributed by atoms with E-state index in [0.29, 0.717) is 22.2 Å². The summed E-state index contributed by atoms with van der Waals surface area (Å²) in [6.07, 6.45) is 0.103. The Labute approximate surface area is 178 Å². The van der Waals surface area contributed by atoms with Gasteiger partial charge in [-0.3, -0.25) is 9.59 Å². The Morgan fingerprint density at radius 1 is 1.03 bits per heavy atom. The maximum Gasteiger partial charge on any atom is 0.251 e. The number of nitrogens with one attached hydrogen (secondary N) is 2. The van der Waals surface area contributed by atoms with Crippen molar-refractivity contribution in [3.63, 3.8) is 0 Å². The molecular weight excluding hydrogens is 404 g/mol. The second-order valence-electron chi connectivity index (χ2n) is 6.44. The minimum Gasteiger partial charge on any atom is -0.497 e. The summed E-state index contributed by atoms with van der Waals surface area (Å²) >= 11 is 1.30. The van der Waals surface area contributed by atoms with Crippen LogP contribution in [0.3, 0.4) is 0 Å². The molecule has 1 heterocycles. The molecule has 0 saturated heterocycles. The average Bonchev–Trinajstić information content (AvgIpc) is 3.21. The summed E-state index contributed by atoms with van der Waals surface area (Å²) < 4.78 is 10.3. The van der Waals surface area contributed by atoms with Gasteiger partial charge in [-0.15, -0.1) is 10.2 Å². The normalized spacial score (nSPS) is 10.4. The predicted octanol–water partition coefficient (Wildman–Crippen LogP) is 3.29. The number of aromatic nitrogens is 2. The lowest BCUT2D eigenvalue weighted by atomic mass is 10.1. The van der Waals surface area contributed by atoms with Crippen molar-refractivity contribution in [2.75, 3.05) is 26.1 Å². The highest BCUT2D eigenvalue weighted by Crippen LogP contribution is 2.27. The molecule has 0 unspecified atom stereocenters. The van der Waals surface area contributed by atoms with Crippen LogP contribution in [-0.2, 0) is 4.79 Å². The van der Waals surface area contributed by atoms with Crippen molar-refractivity contribution in [2.24, 2.45) is 0 Å². The molecule has 9 heteroatoms. The number of aryl methyl sites for hydroxylation is 1. The minimum atomic E-state index is -0.322. The maximum absolute atomic E-state index is 12.3. The fourth-order valence-corrected chi connectivity index (χ4v) is 3.44. The molecule has 0 bridgehead atoms. The highest BCUT2D eigenvalue weighted by molar-refractivity contribution is 7.18. The van der Waals surface area contributed by atoms with Gasteiger partial charge in [-0.05, 0) is 25.1 Å². The van der Waals surface area contributed by atoms with Crippen LogP contribution in [0.5, 0.6) is 11.5 Å². The quantitative estimate of drug-likeness (QED) is 0.573. The SMILES string of the molecule is COc1cc(OC)cc(C(=O)NCCC(=O)Nc2nnc(-c3cccc(C)c3)s2)c1. The fourth-order valence-electron chi connectivity index (χ4n) is 2.68. The molecule has 2 N–H and O–H groups in total. The molecule has 3 aromatic rings. The first-order chi connectivity index (χ1) is 14.5. The minimum absolute atomic E-state index is 0.103. The van der Waals surface area contributed by atoms with Gasteiger partial charge in [0.15, 0.2) is 0 Å². The van der Waals surface area contributed by atoms with E-state index in [0.717, 1.165) is 16.1 Å². The number of ether oxygens (including phenoxy) is 2. The van der Waals surface area contributed by atoms with Crippen LogP contribution in [0.15, 0.2) is 42.5 Å². The molecule has 0 fully saturated rings. The Morgan fingerprint density at radius 2 is 1.77 bits per heavy atom. The van der Waals surface area contributed by atoms with Crippen molar-refractivity contribution >= 4 is 28.3 Å². The monoisotopic (exact) mass is 426 g/mol. The summed E-state index contributed by atoms with van der Waals surface area (Å²) in [5.41, 5.74) is 2.46. The average molecular weight is 426 g/mol. The summed E-state index contributed by atoms with van der Waals surface area (Å²) in [7, 11) is 3.03. The molecule has 156 valence electrons. The number of nitrogens with zero attached hydrogens (tertiary/aromatic N) is 2. The van der Waals surface area contributed by atoms with Crippen molar-refractivity contribution < 1.29 is 19.1 Å². The van der Waals surface area contributed by atoms with Gasteiger partial charge >= 0.3 is 0 Å². The lowest BCUT2D eigenvalue weighted by Gasteiger charge is -2.09. The van der Waals surface area contributed by atoms with Gasteiger partial charge in [-0.2, -0.15) is 0 Å². The molecule has 30 heavy (non-hydrogen) atoms. The van der Waals surface area contributed by atoms with Crippen molar-refractivity contribution in [3.8, 4) is 22.1 Å². The van der Waals surface area contributed by atoms with E-state index in [1.807, 2.05) is 31.2 Å². The number of carbonyl (C=O) groups excluding carboxylic acids is 2. The number of benzene rings is 2. The number of rotatable bonds is 8. The van der Waals surface area contributed by atoms with Crippen LogP contribution in [0.25, 0.3) is 10.6 Å². The van der Waals surface area contributed by atoms with E-state index in [1.165, 1.54) is 25.6 Å². The molecule has 0 saturated carbocycles. The second kappa shape index (κ2) is 9.84. The standard InChI is InChI=1S/C21H22N4O4S/c1-13-5-4-6-14(9-13)20-24-25-21(30-20)23-18(26)7-8-22-19(27)15-10-16(28-2)12-17(11-15)29-3/h4-6,9-12H,7-8H2,1-3H3,(H,22,27)(H,23,25,26). The Kier molecular flexibility index (Phi) is 6.97. The molecule has 1 aromatic heterocycles. The summed E-state index contributed by atoms with van der Waals surface area (Å²) in [6.45, 7) is 2.18. The third-order valence-electron chi connectivity index (χ3n) is 4.19. The van der Waals surface area contributed by atoms with E-state index in [9.17, 15) is 9.59 Å². The molecular formula is C21H22N4O4S. The zero-order chi connectivity index (χ0) is 21.5. The summed E-state index contributed by atoms with van der Waals surface area (Å²) in [5, 5.41) is 14.7. The van der Waals surface area contributed by atoms with E-state index in [2.05, 4.69) is 20.8 Å². The zero-order valence-electron chi connectivity index (χ0n) is 16.9. The van der Waals surface area contributed by atoms with Crippen LogP contribution < -0.4 is 20.1 Å². The van der Waals surface area contributed by atoms with Crippen LogP contribution in [0.1, 0.15) is 22.3 Å². The molecule has 8 nitrogen and oxygen atoms in total. The smallest absolute Gasteiger partial charge is 0.251 e. The topological polar surface area (TPSA) is 102 Å². The van der Waals surface area contributed by atoms with E-state index < -0.39 is 0 Å². The molecule has 0 aliphatic heterocycles. The summed E-state index contributed by atoms with van der Waals surface area (Å²) in [5.74, 6) is 0.443. The lowest BCUT2D eigenvalue weighted by Crippen LogP contribution is -2.27. The molecule has 0 aliphatic carbocycles. The predicted molar refractivity (Wildman–Crippen MR) is 115 cm³/mol. The van der Waals surface area contributed by atoms with Gasteiger partial charge in [0.2, 0.25) is 11.0 Å². The van der Waals surface area contributed by atoms with Crippen molar-refractivity contribution in [1.82, 2.24) is 15.5 Å². The highest BCUT2D eigenvalue weighted by atomic mass is 32.1. The van der Waals surface area contributed by atoms with Gasteiger partial charge in [0.1, 0.15) is 16.5 Å². The summed E-state index contributed by atoms with van der Waals surface area (Å²) in [4.78, 5) is 24.5. The van der Waals surface area contributed by atoms with Crippen LogP contribution >= 0.6 is 11.3 Å². The Hall–Kier alpha value is -3.46. The number of hydrogen-bond donors (Lipinski definition) is 2. The largest absolute Gasteiger partial charge is 0.497 e. The van der Waals surface area contributed by atoms with E-state index >= 15 is 0 Å². The van der Waals surface area contributed by atoms with Crippen LogP contribution in [0, 0.1) is 6.92 Å². The van der Waals surface area contributed by atoms with Crippen molar-refractivity contribution in [2.45, 2.75) is 13.3 Å². The van der Waals surface area contributed by atoms with E-state index in [4.69, 9.17) is 9.47 Å². The Bertz CT molecular complexity index is 1030. The fraction of sp³-hybridized carbons (Fsp3) is 0.238. The first kappa shape index (κ1) is 21.3. The highest BCUT2D eigenvalue weighted by Gasteiger charge is 2.12. The van der Waals surface area contributed by atoms with Gasteiger partial charge in [-0.25, -0.2) is 0 Å². The maximum atomic E-state index is 12.3. The molecule has 3 rings (SSSR count). The molecule has 2 amide bonds. The lowest BCUT2D eigenvalue weighted by molar-refractivity contribution is -0.116. The molecule has 0 atom stereocenters. The number of amides is 2. The zero-order valence-corrected chi connectivity index (χ0v) is 17.7. The third-order valence-corrected chi connectivity index (χ3v) is 5.08. The van der Waals surface area contributed by atoms with Crippen LogP contribution in [0.4, 0.5) is 5.13 Å². The molecule has 0 spiro atoms. The number of anilines is 1. The Balaban J connectivity index is 1.51. The van der Waals surface area contributed by atoms with Crippen molar-refractivity contribution in [3.05, 3.63) is 53.6 Å². The van der Waals surface area contributed by atoms with Crippen LogP contribution in [0.2, 0.25) is 0 Å². The number of hydrogen-bond acceptors (Lipinski definition) is 7. The second-order valence-corrected chi connectivity index (χ2v) is 7.41. The Morgan fingerprint density at radius 3 is 2.43 bits per heavy atom. The van der Waals surface area contributed by atoms with Gasteiger partial charge < -0.3 is 20.1 Å². The van der Waals surface area contributed by atoms with E-state index in [1.54, 1.807) is 18.2 Å². The van der Waals surface area contributed by atoms with E-state index in [-0.39, 0.29) is 24.8 Å². The molecule has 0 aliphatic rings. The van der Waals surface area contributed by atoms with Gasteiger partial charge in [0, 0.05) is 30.2 Å². The summed E-state index contributed by atoms with van der Waals surface area (Å²) in [6, 6.07) is 12.8. The first-order valence-electron chi connectivity index (χ1n) is 9.20. The third kappa shape index (κ3) is 5.54. The van der Waals surface area contributed by atoms with Crippen LogP contribution in [-0.4, -0.2) is 42.8 Å². The van der Waals surface area contributed by atoms with Gasteiger partial charge in [-0.1, -0.05) is 35.1 Å². The van der Waals surface area contributed by atoms with Gasteiger partial charge in [0.25, 0.3) is 5.91 Å². The first-order valence-corrected chi connectivity index (χ1v) is 10.0. The van der Waals surface area contributed by atoms with Crippen molar-refractivity contribution in [1.29, 1.82) is 0 Å².